The van der Waals surface area contributed by atoms with Gasteiger partial charge in [-0.2, -0.15) is 4.98 Å². The number of piperidine rings is 1. The predicted molar refractivity (Wildman–Crippen MR) is 80.9 cm³/mol. The second-order valence-electron chi connectivity index (χ2n) is 5.62. The molecule has 3 heterocycles. The Bertz CT molecular complexity index is 519. The first-order valence-corrected chi connectivity index (χ1v) is 7.76. The Hall–Kier alpha value is -1.89. The van der Waals surface area contributed by atoms with Gasteiger partial charge in [0.15, 0.2) is 0 Å². The quantitative estimate of drug-likeness (QED) is 0.813. The van der Waals surface area contributed by atoms with Gasteiger partial charge in [-0.15, -0.1) is 0 Å². The van der Waals surface area contributed by atoms with Gasteiger partial charge in [-0.05, 0) is 12.8 Å². The Balaban J connectivity index is 1.66. The van der Waals surface area contributed by atoms with Gasteiger partial charge in [0.05, 0.1) is 26.2 Å². The van der Waals surface area contributed by atoms with Crippen LogP contribution in [0.5, 0.6) is 5.88 Å². The molecule has 22 heavy (non-hydrogen) atoms. The van der Waals surface area contributed by atoms with E-state index in [1.165, 1.54) is 0 Å². The monoisotopic (exact) mass is 306 g/mol. The van der Waals surface area contributed by atoms with Crippen molar-refractivity contribution < 1.29 is 14.3 Å². The third kappa shape index (κ3) is 3.30. The molecule has 7 heteroatoms. The van der Waals surface area contributed by atoms with Crippen molar-refractivity contribution in [1.29, 1.82) is 0 Å². The number of nitrogens with zero attached hydrogens (tertiary/aromatic N) is 4. The number of carbonyl (C=O) groups is 1. The van der Waals surface area contributed by atoms with E-state index < -0.39 is 0 Å². The molecule has 1 aromatic heterocycles. The number of amides is 1. The Morgan fingerprint density at radius 1 is 1.36 bits per heavy atom. The third-order valence-electron chi connectivity index (χ3n) is 4.20. The summed E-state index contributed by atoms with van der Waals surface area (Å²) in [5.74, 6) is 1.43. The number of rotatable bonds is 3. The molecule has 7 nitrogen and oxygen atoms in total. The molecular weight excluding hydrogens is 284 g/mol. The highest BCUT2D eigenvalue weighted by Gasteiger charge is 2.31. The Morgan fingerprint density at radius 2 is 2.18 bits per heavy atom. The highest BCUT2D eigenvalue weighted by atomic mass is 16.5. The summed E-state index contributed by atoms with van der Waals surface area (Å²) in [4.78, 5) is 25.3. The second-order valence-corrected chi connectivity index (χ2v) is 5.62. The molecule has 0 unspecified atom stereocenters. The number of hydrogen-bond acceptors (Lipinski definition) is 6. The molecule has 2 fully saturated rings. The number of ether oxygens (including phenoxy) is 2. The summed E-state index contributed by atoms with van der Waals surface area (Å²) in [5.41, 5.74) is 0. The fourth-order valence-corrected chi connectivity index (χ4v) is 3.00. The molecule has 1 amide bonds. The van der Waals surface area contributed by atoms with Crippen molar-refractivity contribution in [3.8, 4) is 5.88 Å². The van der Waals surface area contributed by atoms with Gasteiger partial charge in [0.1, 0.15) is 0 Å². The standard InChI is InChI=1S/C15H22N4O3/c1-21-13-4-5-16-15(17-13)19-6-2-3-12(11-19)14(20)18-7-9-22-10-8-18/h4-5,12H,2-3,6-11H2,1H3/t12-/m1/s1. The van der Waals surface area contributed by atoms with Crippen LogP contribution >= 0.6 is 0 Å². The first-order chi connectivity index (χ1) is 10.8. The molecule has 3 rings (SSSR count). The van der Waals surface area contributed by atoms with E-state index in [1.54, 1.807) is 19.4 Å². The molecule has 1 aromatic rings. The van der Waals surface area contributed by atoms with Crippen LogP contribution in [0.2, 0.25) is 0 Å². The van der Waals surface area contributed by atoms with Crippen molar-refractivity contribution >= 4 is 11.9 Å². The smallest absolute Gasteiger partial charge is 0.228 e. The van der Waals surface area contributed by atoms with Crippen molar-refractivity contribution in [3.05, 3.63) is 12.3 Å². The molecule has 0 aliphatic carbocycles. The number of anilines is 1. The maximum Gasteiger partial charge on any atom is 0.228 e. The normalized spacial score (nSPS) is 22.5. The van der Waals surface area contributed by atoms with E-state index in [0.29, 0.717) is 44.7 Å². The first-order valence-electron chi connectivity index (χ1n) is 7.76. The number of methoxy groups -OCH3 is 1. The average Bonchev–Trinajstić information content (AvgIpc) is 2.62. The molecule has 0 radical (unpaired) electrons. The van der Waals surface area contributed by atoms with E-state index in [4.69, 9.17) is 9.47 Å². The van der Waals surface area contributed by atoms with Crippen LogP contribution in [0.15, 0.2) is 12.3 Å². The number of morpholine rings is 1. The van der Waals surface area contributed by atoms with Crippen molar-refractivity contribution in [2.24, 2.45) is 5.92 Å². The van der Waals surface area contributed by atoms with Gasteiger partial charge in [-0.1, -0.05) is 0 Å². The summed E-state index contributed by atoms with van der Waals surface area (Å²) in [6, 6.07) is 1.73. The minimum atomic E-state index is 0.0154. The topological polar surface area (TPSA) is 67.8 Å². The maximum absolute atomic E-state index is 12.6. The second kappa shape index (κ2) is 6.91. The summed E-state index contributed by atoms with van der Waals surface area (Å²) in [6.07, 6.45) is 3.59. The molecule has 2 aliphatic rings. The summed E-state index contributed by atoms with van der Waals surface area (Å²) >= 11 is 0. The van der Waals surface area contributed by atoms with Crippen LogP contribution in [0.3, 0.4) is 0 Å². The maximum atomic E-state index is 12.6. The summed E-state index contributed by atoms with van der Waals surface area (Å²) < 4.78 is 10.5. The van der Waals surface area contributed by atoms with E-state index in [2.05, 4.69) is 14.9 Å². The van der Waals surface area contributed by atoms with E-state index >= 15 is 0 Å². The molecule has 0 bridgehead atoms. The summed E-state index contributed by atoms with van der Waals surface area (Å²) in [7, 11) is 1.59. The number of carbonyl (C=O) groups excluding carboxylic acids is 1. The fraction of sp³-hybridized carbons (Fsp3) is 0.667. The van der Waals surface area contributed by atoms with Crippen LogP contribution in [-0.4, -0.2) is 67.3 Å². The lowest BCUT2D eigenvalue weighted by Crippen LogP contribution is -2.48. The lowest BCUT2D eigenvalue weighted by Gasteiger charge is -2.36. The number of aromatic nitrogens is 2. The predicted octanol–water partition coefficient (Wildman–Crippen LogP) is 0.560. The van der Waals surface area contributed by atoms with Gasteiger partial charge in [-0.25, -0.2) is 4.98 Å². The van der Waals surface area contributed by atoms with Crippen LogP contribution < -0.4 is 9.64 Å². The van der Waals surface area contributed by atoms with Crippen molar-refractivity contribution in [3.63, 3.8) is 0 Å². The fourth-order valence-electron chi connectivity index (χ4n) is 3.00. The average molecular weight is 306 g/mol. The zero-order valence-electron chi connectivity index (χ0n) is 12.9. The van der Waals surface area contributed by atoms with Crippen LogP contribution in [0.25, 0.3) is 0 Å². The summed E-state index contributed by atoms with van der Waals surface area (Å²) in [5, 5.41) is 0. The molecule has 1 atom stereocenters. The molecule has 0 N–H and O–H groups in total. The summed E-state index contributed by atoms with van der Waals surface area (Å²) in [6.45, 7) is 4.22. The lowest BCUT2D eigenvalue weighted by atomic mass is 9.96. The zero-order valence-corrected chi connectivity index (χ0v) is 12.9. The lowest BCUT2D eigenvalue weighted by molar-refractivity contribution is -0.139. The minimum Gasteiger partial charge on any atom is -0.481 e. The van der Waals surface area contributed by atoms with Gasteiger partial charge < -0.3 is 19.3 Å². The first kappa shape index (κ1) is 15.0. The van der Waals surface area contributed by atoms with Crippen molar-refractivity contribution in [2.75, 3.05) is 51.4 Å². The minimum absolute atomic E-state index is 0.0154. The Kier molecular flexibility index (Phi) is 4.72. The van der Waals surface area contributed by atoms with Gasteiger partial charge >= 0.3 is 0 Å². The van der Waals surface area contributed by atoms with Gasteiger partial charge in [0, 0.05) is 38.4 Å². The molecule has 2 saturated heterocycles. The van der Waals surface area contributed by atoms with E-state index in [9.17, 15) is 4.79 Å². The largest absolute Gasteiger partial charge is 0.481 e. The van der Waals surface area contributed by atoms with Crippen molar-refractivity contribution in [1.82, 2.24) is 14.9 Å². The van der Waals surface area contributed by atoms with Crippen LogP contribution in [0.4, 0.5) is 5.95 Å². The van der Waals surface area contributed by atoms with E-state index in [0.717, 1.165) is 19.4 Å². The third-order valence-corrected chi connectivity index (χ3v) is 4.20. The SMILES string of the molecule is COc1ccnc(N2CCC[C@@H](C(=O)N3CCOCC3)C2)n1. The van der Waals surface area contributed by atoms with Crippen LogP contribution in [0.1, 0.15) is 12.8 Å². The Labute approximate surface area is 130 Å². The molecular formula is C15H22N4O3. The molecule has 0 spiro atoms. The van der Waals surface area contributed by atoms with E-state index in [1.807, 2.05) is 4.90 Å². The van der Waals surface area contributed by atoms with Gasteiger partial charge in [0.2, 0.25) is 17.7 Å². The van der Waals surface area contributed by atoms with Gasteiger partial charge in [0.25, 0.3) is 0 Å². The molecule has 2 aliphatic heterocycles. The van der Waals surface area contributed by atoms with Crippen LogP contribution in [0, 0.1) is 5.92 Å². The Morgan fingerprint density at radius 3 is 2.95 bits per heavy atom. The zero-order chi connectivity index (χ0) is 15.4. The number of hydrogen-bond donors (Lipinski definition) is 0. The molecule has 0 aromatic carbocycles. The highest BCUT2D eigenvalue weighted by molar-refractivity contribution is 5.79. The van der Waals surface area contributed by atoms with Gasteiger partial charge in [-0.3, -0.25) is 4.79 Å². The highest BCUT2D eigenvalue weighted by Crippen LogP contribution is 2.23. The molecule has 0 saturated carbocycles. The van der Waals surface area contributed by atoms with Crippen molar-refractivity contribution in [2.45, 2.75) is 12.8 Å². The van der Waals surface area contributed by atoms with E-state index in [-0.39, 0.29) is 11.8 Å². The van der Waals surface area contributed by atoms with Crippen LogP contribution in [-0.2, 0) is 9.53 Å². The molecule has 120 valence electrons.